The lowest BCUT2D eigenvalue weighted by molar-refractivity contribution is 0.539. The second-order valence-electron chi connectivity index (χ2n) is 3.73. The van der Waals surface area contributed by atoms with E-state index in [1.54, 1.807) is 11.8 Å². The van der Waals surface area contributed by atoms with E-state index in [-0.39, 0.29) is 0 Å². The van der Waals surface area contributed by atoms with Gasteiger partial charge in [0.05, 0.1) is 0 Å². The van der Waals surface area contributed by atoms with Crippen LogP contribution in [0, 0.1) is 0 Å². The number of thioether (sulfide) groups is 1. The van der Waals surface area contributed by atoms with Gasteiger partial charge in [0.15, 0.2) is 0 Å². The summed E-state index contributed by atoms with van der Waals surface area (Å²) in [5.74, 6) is 0.996. The van der Waals surface area contributed by atoms with Gasteiger partial charge in [-0.1, -0.05) is 54.3 Å². The van der Waals surface area contributed by atoms with Crippen LogP contribution in [0.1, 0.15) is 18.4 Å². The molecule has 0 amide bonds. The van der Waals surface area contributed by atoms with Gasteiger partial charge in [0, 0.05) is 18.8 Å². The van der Waals surface area contributed by atoms with Crippen molar-refractivity contribution in [2.75, 3.05) is 13.1 Å². The van der Waals surface area contributed by atoms with E-state index in [1.807, 2.05) is 6.07 Å². The fourth-order valence-electron chi connectivity index (χ4n) is 1.71. The van der Waals surface area contributed by atoms with Crippen LogP contribution in [-0.2, 0) is 5.75 Å². The van der Waals surface area contributed by atoms with Gasteiger partial charge in [-0.3, -0.25) is 0 Å². The van der Waals surface area contributed by atoms with E-state index in [0.717, 1.165) is 23.2 Å². The van der Waals surface area contributed by atoms with E-state index < -0.39 is 0 Å². The van der Waals surface area contributed by atoms with Crippen LogP contribution in [-0.4, -0.2) is 22.3 Å². The first-order valence-corrected chi connectivity index (χ1v) is 6.71. The minimum atomic E-state index is 0.996. The van der Waals surface area contributed by atoms with Crippen molar-refractivity contribution in [3.8, 4) is 0 Å². The number of likely N-dealkylation sites (tertiary alicyclic amines) is 1. The first kappa shape index (κ1) is 11.0. The molecule has 1 aromatic carbocycles. The largest absolute Gasteiger partial charge is 0.358 e. The average Bonchev–Trinajstić information content (AvgIpc) is 2.81. The lowest BCUT2D eigenvalue weighted by atomic mass is 10.2. The van der Waals surface area contributed by atoms with Crippen LogP contribution in [0.25, 0.3) is 0 Å². The summed E-state index contributed by atoms with van der Waals surface area (Å²) in [6.07, 6.45) is 2.60. The maximum Gasteiger partial charge on any atom is 0.136 e. The zero-order valence-corrected chi connectivity index (χ0v) is 10.3. The molecule has 0 unspecified atom stereocenters. The van der Waals surface area contributed by atoms with Gasteiger partial charge in [-0.05, 0) is 18.4 Å². The van der Waals surface area contributed by atoms with Crippen molar-refractivity contribution in [1.29, 1.82) is 0 Å². The van der Waals surface area contributed by atoms with Crippen molar-refractivity contribution < 1.29 is 0 Å². The van der Waals surface area contributed by atoms with Crippen LogP contribution >= 0.6 is 24.0 Å². The summed E-state index contributed by atoms with van der Waals surface area (Å²) >= 11 is 7.19. The van der Waals surface area contributed by atoms with Crippen LogP contribution in [0.15, 0.2) is 30.3 Å². The minimum absolute atomic E-state index is 0.996. The third-order valence-electron chi connectivity index (χ3n) is 2.57. The molecule has 0 bridgehead atoms. The first-order valence-electron chi connectivity index (χ1n) is 5.32. The van der Waals surface area contributed by atoms with Crippen molar-refractivity contribution in [3.05, 3.63) is 35.9 Å². The number of hydrogen-bond acceptors (Lipinski definition) is 2. The molecule has 0 spiro atoms. The highest BCUT2D eigenvalue weighted by Crippen LogP contribution is 2.19. The van der Waals surface area contributed by atoms with Gasteiger partial charge >= 0.3 is 0 Å². The molecule has 0 atom stereocenters. The van der Waals surface area contributed by atoms with Crippen LogP contribution < -0.4 is 0 Å². The number of nitrogens with zero attached hydrogens (tertiary/aromatic N) is 1. The molecule has 0 N–H and O–H groups in total. The van der Waals surface area contributed by atoms with Crippen molar-refractivity contribution in [1.82, 2.24) is 4.90 Å². The normalized spacial score (nSPS) is 15.6. The fraction of sp³-hybridized carbons (Fsp3) is 0.417. The highest BCUT2D eigenvalue weighted by atomic mass is 32.2. The molecule has 0 aromatic heterocycles. The lowest BCUT2D eigenvalue weighted by Crippen LogP contribution is -2.23. The summed E-state index contributed by atoms with van der Waals surface area (Å²) in [6, 6.07) is 10.5. The first-order chi connectivity index (χ1) is 7.36. The summed E-state index contributed by atoms with van der Waals surface area (Å²) in [5.41, 5.74) is 1.35. The molecule has 0 aliphatic carbocycles. The molecule has 2 rings (SSSR count). The predicted molar refractivity (Wildman–Crippen MR) is 71.1 cm³/mol. The molecular weight excluding hydrogens is 222 g/mol. The second-order valence-corrected chi connectivity index (χ2v) is 5.34. The highest BCUT2D eigenvalue weighted by Gasteiger charge is 2.14. The molecule has 1 heterocycles. The lowest BCUT2D eigenvalue weighted by Gasteiger charge is -2.17. The van der Waals surface area contributed by atoms with Gasteiger partial charge in [-0.25, -0.2) is 0 Å². The zero-order valence-electron chi connectivity index (χ0n) is 8.69. The van der Waals surface area contributed by atoms with E-state index in [2.05, 4.69) is 29.2 Å². The van der Waals surface area contributed by atoms with Gasteiger partial charge in [-0.2, -0.15) is 0 Å². The Kier molecular flexibility index (Phi) is 4.03. The maximum absolute atomic E-state index is 5.40. The quantitative estimate of drug-likeness (QED) is 0.727. The van der Waals surface area contributed by atoms with Crippen LogP contribution in [0.3, 0.4) is 0 Å². The number of benzene rings is 1. The van der Waals surface area contributed by atoms with Crippen molar-refractivity contribution >= 4 is 28.3 Å². The zero-order chi connectivity index (χ0) is 10.5. The third kappa shape index (κ3) is 3.21. The Balaban J connectivity index is 1.80. The van der Waals surface area contributed by atoms with Gasteiger partial charge in [0.1, 0.15) is 4.32 Å². The Morgan fingerprint density at radius 3 is 2.53 bits per heavy atom. The van der Waals surface area contributed by atoms with Gasteiger partial charge in [-0.15, -0.1) is 0 Å². The molecule has 80 valence electrons. The fourth-order valence-corrected chi connectivity index (χ4v) is 2.92. The summed E-state index contributed by atoms with van der Waals surface area (Å²) in [4.78, 5) is 2.32. The molecule has 1 nitrogen and oxygen atoms in total. The van der Waals surface area contributed by atoms with Crippen LogP contribution in [0.2, 0.25) is 0 Å². The van der Waals surface area contributed by atoms with Crippen molar-refractivity contribution in [3.63, 3.8) is 0 Å². The molecule has 1 aliphatic heterocycles. The molecular formula is C12H15NS2. The van der Waals surface area contributed by atoms with E-state index >= 15 is 0 Å². The van der Waals surface area contributed by atoms with Crippen LogP contribution in [0.4, 0.5) is 0 Å². The molecule has 15 heavy (non-hydrogen) atoms. The highest BCUT2D eigenvalue weighted by molar-refractivity contribution is 8.22. The van der Waals surface area contributed by atoms with Crippen molar-refractivity contribution in [2.24, 2.45) is 0 Å². The monoisotopic (exact) mass is 237 g/mol. The van der Waals surface area contributed by atoms with E-state index in [9.17, 15) is 0 Å². The SMILES string of the molecule is S=C(SCc1ccccc1)N1CCCC1. The minimum Gasteiger partial charge on any atom is -0.358 e. The Morgan fingerprint density at radius 1 is 1.20 bits per heavy atom. The van der Waals surface area contributed by atoms with Gasteiger partial charge in [0.25, 0.3) is 0 Å². The summed E-state index contributed by atoms with van der Waals surface area (Å²) in [5, 5.41) is 0. The van der Waals surface area contributed by atoms with Crippen molar-refractivity contribution in [2.45, 2.75) is 18.6 Å². The van der Waals surface area contributed by atoms with Crippen LogP contribution in [0.5, 0.6) is 0 Å². The number of thiocarbonyl (C=S) groups is 1. The number of rotatable bonds is 2. The Morgan fingerprint density at radius 2 is 1.87 bits per heavy atom. The average molecular weight is 237 g/mol. The predicted octanol–water partition coefficient (Wildman–Crippen LogP) is 3.30. The topological polar surface area (TPSA) is 3.24 Å². The molecule has 0 saturated carbocycles. The standard InChI is InChI=1S/C12H15NS2/c14-12(13-8-4-5-9-13)15-10-11-6-2-1-3-7-11/h1-3,6-7H,4-5,8-10H2. The number of hydrogen-bond donors (Lipinski definition) is 0. The molecule has 3 heteroatoms. The summed E-state index contributed by atoms with van der Waals surface area (Å²) in [6.45, 7) is 2.31. The Labute approximate surface area is 101 Å². The smallest absolute Gasteiger partial charge is 0.136 e. The molecule has 1 fully saturated rings. The molecule has 1 aliphatic rings. The second kappa shape index (κ2) is 5.52. The molecule has 1 aromatic rings. The molecule has 1 saturated heterocycles. The Hall–Kier alpha value is -0.540. The van der Waals surface area contributed by atoms with Gasteiger partial charge in [0.2, 0.25) is 0 Å². The Bertz CT molecular complexity index is 318. The van der Waals surface area contributed by atoms with E-state index in [4.69, 9.17) is 12.2 Å². The van der Waals surface area contributed by atoms with E-state index in [0.29, 0.717) is 0 Å². The maximum atomic E-state index is 5.40. The summed E-state index contributed by atoms with van der Waals surface area (Å²) in [7, 11) is 0. The van der Waals surface area contributed by atoms with E-state index in [1.165, 1.54) is 18.4 Å². The summed E-state index contributed by atoms with van der Waals surface area (Å²) < 4.78 is 1.07. The third-order valence-corrected chi connectivity index (χ3v) is 4.16. The van der Waals surface area contributed by atoms with Gasteiger partial charge < -0.3 is 4.90 Å². The molecule has 0 radical (unpaired) electrons.